The van der Waals surface area contributed by atoms with Crippen molar-refractivity contribution in [1.82, 2.24) is 14.9 Å². The fourth-order valence-electron chi connectivity index (χ4n) is 2.87. The van der Waals surface area contributed by atoms with Gasteiger partial charge in [-0.05, 0) is 34.1 Å². The number of carbonyl (C=O) groups is 1. The highest BCUT2D eigenvalue weighted by Gasteiger charge is 2.25. The van der Waals surface area contributed by atoms with E-state index >= 15 is 0 Å². The van der Waals surface area contributed by atoms with Crippen LogP contribution in [-0.2, 0) is 0 Å². The van der Waals surface area contributed by atoms with Crippen LogP contribution in [0.4, 0.5) is 10.9 Å². The number of hydrogen-bond donors (Lipinski definition) is 0. The maximum Gasteiger partial charge on any atom is 0.264 e. The Bertz CT molecular complexity index is 897. The van der Waals surface area contributed by atoms with Crippen LogP contribution < -0.4 is 9.80 Å². The van der Waals surface area contributed by atoms with Crippen molar-refractivity contribution in [2.45, 2.75) is 0 Å². The summed E-state index contributed by atoms with van der Waals surface area (Å²) in [5.41, 5.74) is 0. The normalized spacial score (nSPS) is 14.9. The van der Waals surface area contributed by atoms with Crippen LogP contribution in [0.2, 0.25) is 0 Å². The van der Waals surface area contributed by atoms with Crippen molar-refractivity contribution in [2.24, 2.45) is 0 Å². The molecule has 1 aliphatic rings. The van der Waals surface area contributed by atoms with E-state index in [0.717, 1.165) is 42.9 Å². The minimum atomic E-state index is 0.106. The number of pyridine rings is 1. The average molecular weight is 452 g/mol. The van der Waals surface area contributed by atoms with E-state index in [9.17, 15) is 4.79 Å². The van der Waals surface area contributed by atoms with Gasteiger partial charge >= 0.3 is 0 Å². The third kappa shape index (κ3) is 3.43. The molecule has 0 atom stereocenters. The van der Waals surface area contributed by atoms with Crippen LogP contribution in [0, 0.1) is 0 Å². The molecule has 0 aliphatic carbocycles. The van der Waals surface area contributed by atoms with Crippen molar-refractivity contribution in [3.63, 3.8) is 0 Å². The molecule has 0 saturated carbocycles. The van der Waals surface area contributed by atoms with Crippen molar-refractivity contribution in [3.8, 4) is 0 Å². The van der Waals surface area contributed by atoms with Gasteiger partial charge in [-0.15, -0.1) is 11.3 Å². The lowest BCUT2D eigenvalue weighted by atomic mass is 10.3. The second-order valence-electron chi connectivity index (χ2n) is 6.28. The monoisotopic (exact) mass is 451 g/mol. The van der Waals surface area contributed by atoms with Gasteiger partial charge in [-0.25, -0.2) is 9.97 Å². The number of carbonyl (C=O) groups excluding carboxylic acids is 1. The van der Waals surface area contributed by atoms with E-state index in [1.165, 1.54) is 11.3 Å². The number of nitrogens with zero attached hydrogens (tertiary/aromatic N) is 5. The molecule has 26 heavy (non-hydrogen) atoms. The summed E-state index contributed by atoms with van der Waals surface area (Å²) in [6, 6.07) is 5.98. The van der Waals surface area contributed by atoms with Crippen molar-refractivity contribution in [1.29, 1.82) is 0 Å². The van der Waals surface area contributed by atoms with Crippen LogP contribution >= 0.6 is 38.6 Å². The van der Waals surface area contributed by atoms with E-state index in [-0.39, 0.29) is 5.91 Å². The number of hydrogen-bond acceptors (Lipinski definition) is 7. The fourth-order valence-corrected chi connectivity index (χ4v) is 5.21. The standard InChI is InChI=1S/C17H18BrN5OS2/c1-21(2)17-20-15-12(26-17)9-13(25-15)16(24)23-7-5-22(6-8-23)14-4-3-11(18)10-19-14/h3-4,9-10H,5-8H2,1-2H3. The maximum atomic E-state index is 12.8. The zero-order valence-corrected chi connectivity index (χ0v) is 17.7. The number of fused-ring (bicyclic) bond motifs is 1. The molecule has 136 valence electrons. The van der Waals surface area contributed by atoms with Gasteiger partial charge < -0.3 is 14.7 Å². The van der Waals surface area contributed by atoms with Crippen LogP contribution in [0.3, 0.4) is 0 Å². The van der Waals surface area contributed by atoms with E-state index in [4.69, 9.17) is 0 Å². The highest BCUT2D eigenvalue weighted by Crippen LogP contribution is 2.34. The molecule has 6 nitrogen and oxygen atoms in total. The lowest BCUT2D eigenvalue weighted by Gasteiger charge is -2.35. The Balaban J connectivity index is 1.43. The van der Waals surface area contributed by atoms with Crippen LogP contribution in [0.25, 0.3) is 9.53 Å². The van der Waals surface area contributed by atoms with Crippen LogP contribution in [0.1, 0.15) is 9.67 Å². The van der Waals surface area contributed by atoms with E-state index in [1.807, 2.05) is 42.1 Å². The highest BCUT2D eigenvalue weighted by molar-refractivity contribution is 9.10. The third-order valence-corrected chi connectivity index (χ3v) is 7.06. The SMILES string of the molecule is CN(C)c1nc2sc(C(=O)N3CCN(c4ccc(Br)cn4)CC3)cc2s1. The van der Waals surface area contributed by atoms with Gasteiger partial charge in [0.1, 0.15) is 10.6 Å². The molecular weight excluding hydrogens is 434 g/mol. The summed E-state index contributed by atoms with van der Waals surface area (Å²) in [5, 5.41) is 0.973. The van der Waals surface area contributed by atoms with Gasteiger partial charge in [0.25, 0.3) is 5.91 Å². The molecule has 4 rings (SSSR count). The predicted molar refractivity (Wildman–Crippen MR) is 112 cm³/mol. The van der Waals surface area contributed by atoms with E-state index in [0.29, 0.717) is 13.1 Å². The topological polar surface area (TPSA) is 52.6 Å². The number of anilines is 2. The molecular formula is C17H18BrN5OS2. The zero-order valence-electron chi connectivity index (χ0n) is 14.5. The number of thiophene rings is 1. The highest BCUT2D eigenvalue weighted by atomic mass is 79.9. The largest absolute Gasteiger partial charge is 0.354 e. The third-order valence-electron chi connectivity index (χ3n) is 4.27. The molecule has 1 amide bonds. The van der Waals surface area contributed by atoms with Gasteiger partial charge in [-0.3, -0.25) is 4.79 Å². The zero-order chi connectivity index (χ0) is 18.3. The van der Waals surface area contributed by atoms with E-state index in [2.05, 4.69) is 30.8 Å². The second-order valence-corrected chi connectivity index (χ2v) is 9.24. The lowest BCUT2D eigenvalue weighted by molar-refractivity contribution is 0.0751. The predicted octanol–water partition coefficient (Wildman–Crippen LogP) is 3.54. The number of aromatic nitrogens is 2. The molecule has 4 heterocycles. The van der Waals surface area contributed by atoms with Crippen LogP contribution in [0.5, 0.6) is 0 Å². The lowest BCUT2D eigenvalue weighted by Crippen LogP contribution is -2.48. The number of thiazole rings is 1. The quantitative estimate of drug-likeness (QED) is 0.609. The first-order chi connectivity index (χ1) is 12.5. The Morgan fingerprint density at radius 1 is 1.19 bits per heavy atom. The molecule has 0 spiro atoms. The summed E-state index contributed by atoms with van der Waals surface area (Å²) >= 11 is 6.52. The van der Waals surface area contributed by atoms with Gasteiger partial charge in [0.15, 0.2) is 5.13 Å². The average Bonchev–Trinajstić information content (AvgIpc) is 3.21. The van der Waals surface area contributed by atoms with Crippen molar-refractivity contribution >= 4 is 65.0 Å². The smallest absolute Gasteiger partial charge is 0.264 e. The minimum Gasteiger partial charge on any atom is -0.354 e. The van der Waals surface area contributed by atoms with Gasteiger partial charge in [-0.1, -0.05) is 11.3 Å². The molecule has 1 saturated heterocycles. The molecule has 1 fully saturated rings. The molecule has 0 radical (unpaired) electrons. The fraction of sp³-hybridized carbons (Fsp3) is 0.353. The summed E-state index contributed by atoms with van der Waals surface area (Å²) in [4.78, 5) is 29.7. The molecule has 0 aromatic carbocycles. The molecule has 9 heteroatoms. The minimum absolute atomic E-state index is 0.106. The first-order valence-corrected chi connectivity index (χ1v) is 10.7. The van der Waals surface area contributed by atoms with Gasteiger partial charge in [0, 0.05) is 50.9 Å². The first kappa shape index (κ1) is 17.7. The Morgan fingerprint density at radius 3 is 2.58 bits per heavy atom. The molecule has 1 aliphatic heterocycles. The van der Waals surface area contributed by atoms with Gasteiger partial charge in [0.2, 0.25) is 0 Å². The molecule has 3 aromatic rings. The Morgan fingerprint density at radius 2 is 1.96 bits per heavy atom. The Labute approximate surface area is 168 Å². The van der Waals surface area contributed by atoms with E-state index in [1.54, 1.807) is 17.5 Å². The summed E-state index contributed by atoms with van der Waals surface area (Å²) in [6.45, 7) is 3.00. The second kappa shape index (κ2) is 7.13. The Kier molecular flexibility index (Phi) is 4.85. The molecule has 0 unspecified atom stereocenters. The summed E-state index contributed by atoms with van der Waals surface area (Å²) in [6.07, 6.45) is 1.81. The van der Waals surface area contributed by atoms with Crippen molar-refractivity contribution in [3.05, 3.63) is 33.7 Å². The van der Waals surface area contributed by atoms with Crippen LogP contribution in [-0.4, -0.2) is 61.0 Å². The molecule has 3 aromatic heterocycles. The van der Waals surface area contributed by atoms with Crippen molar-refractivity contribution < 1.29 is 4.79 Å². The number of rotatable bonds is 3. The van der Waals surface area contributed by atoms with Crippen molar-refractivity contribution in [2.75, 3.05) is 50.1 Å². The van der Waals surface area contributed by atoms with E-state index < -0.39 is 0 Å². The first-order valence-electron chi connectivity index (χ1n) is 8.25. The summed E-state index contributed by atoms with van der Waals surface area (Å²) < 4.78 is 2.05. The van der Waals surface area contributed by atoms with Gasteiger partial charge in [0.05, 0.1) is 9.58 Å². The molecule has 0 N–H and O–H groups in total. The number of amides is 1. The maximum absolute atomic E-state index is 12.8. The summed E-state index contributed by atoms with van der Waals surface area (Å²) in [5.74, 6) is 1.06. The summed E-state index contributed by atoms with van der Waals surface area (Å²) in [7, 11) is 3.96. The van der Waals surface area contributed by atoms with Crippen LogP contribution in [0.15, 0.2) is 28.9 Å². The molecule has 0 bridgehead atoms. The van der Waals surface area contributed by atoms with Gasteiger partial charge in [-0.2, -0.15) is 0 Å². The number of halogens is 1. The Hall–Kier alpha value is -1.71. The number of piperazine rings is 1.